The van der Waals surface area contributed by atoms with E-state index in [0.29, 0.717) is 25.3 Å². The molecule has 0 bridgehead atoms. The number of rotatable bonds is 6. The molecular formula is C12H18ClFN2O. The van der Waals surface area contributed by atoms with Gasteiger partial charge in [-0.1, -0.05) is 29.8 Å². The van der Waals surface area contributed by atoms with Crippen LogP contribution in [0, 0.1) is 0 Å². The second kappa shape index (κ2) is 6.31. The summed E-state index contributed by atoms with van der Waals surface area (Å²) in [6.45, 7) is 1.19. The van der Waals surface area contributed by atoms with Crippen molar-refractivity contribution in [1.29, 1.82) is 0 Å². The molecule has 1 aromatic rings. The topological polar surface area (TPSA) is 38.5 Å². The molecule has 0 heterocycles. The molecular weight excluding hydrogens is 243 g/mol. The summed E-state index contributed by atoms with van der Waals surface area (Å²) in [5.74, 6) is 0. The van der Waals surface area contributed by atoms with Crippen LogP contribution >= 0.6 is 11.6 Å². The van der Waals surface area contributed by atoms with Gasteiger partial charge >= 0.3 is 0 Å². The molecule has 1 rings (SSSR count). The van der Waals surface area contributed by atoms with Crippen LogP contribution < -0.4 is 5.73 Å². The van der Waals surface area contributed by atoms with Crippen LogP contribution in [-0.2, 0) is 16.5 Å². The first kappa shape index (κ1) is 14.4. The first-order valence-electron chi connectivity index (χ1n) is 5.40. The summed E-state index contributed by atoms with van der Waals surface area (Å²) in [6, 6.07) is 6.91. The lowest BCUT2D eigenvalue weighted by Gasteiger charge is -2.29. The van der Waals surface area contributed by atoms with E-state index in [1.165, 1.54) is 4.90 Å². The van der Waals surface area contributed by atoms with E-state index in [0.717, 1.165) is 5.56 Å². The van der Waals surface area contributed by atoms with Crippen molar-refractivity contribution in [2.45, 2.75) is 11.8 Å². The van der Waals surface area contributed by atoms with E-state index in [1.54, 1.807) is 32.4 Å². The molecule has 3 nitrogen and oxygen atoms in total. The van der Waals surface area contributed by atoms with Crippen molar-refractivity contribution >= 4 is 11.6 Å². The van der Waals surface area contributed by atoms with Crippen molar-refractivity contribution < 1.29 is 9.13 Å². The zero-order chi connectivity index (χ0) is 12.9. The van der Waals surface area contributed by atoms with Crippen LogP contribution in [-0.4, -0.2) is 32.2 Å². The number of methoxy groups -OCH3 is 1. The number of hydrogen-bond donors (Lipinski definition) is 1. The number of ether oxygens (including phenoxy) is 1. The lowest BCUT2D eigenvalue weighted by atomic mass is 10.1. The molecule has 0 aliphatic rings. The van der Waals surface area contributed by atoms with E-state index in [9.17, 15) is 4.39 Å². The summed E-state index contributed by atoms with van der Waals surface area (Å²) in [4.78, 5) is 1.40. The molecule has 1 atom stereocenters. The highest BCUT2D eigenvalue weighted by Crippen LogP contribution is 2.33. The summed E-state index contributed by atoms with van der Waals surface area (Å²) in [7, 11) is 3.18. The van der Waals surface area contributed by atoms with Crippen LogP contribution in [0.15, 0.2) is 24.3 Å². The molecule has 0 aliphatic carbocycles. The molecule has 0 radical (unpaired) electrons. The second-order valence-corrected chi connectivity index (χ2v) is 4.36. The van der Waals surface area contributed by atoms with Crippen molar-refractivity contribution in [2.24, 2.45) is 5.73 Å². The van der Waals surface area contributed by atoms with Crippen LogP contribution in [0.3, 0.4) is 0 Å². The third-order valence-electron chi connectivity index (χ3n) is 2.62. The van der Waals surface area contributed by atoms with Gasteiger partial charge < -0.3 is 10.5 Å². The molecule has 17 heavy (non-hydrogen) atoms. The van der Waals surface area contributed by atoms with Gasteiger partial charge in [0.1, 0.15) is 0 Å². The van der Waals surface area contributed by atoms with E-state index >= 15 is 0 Å². The third kappa shape index (κ3) is 3.64. The van der Waals surface area contributed by atoms with Gasteiger partial charge in [-0.2, -0.15) is 0 Å². The third-order valence-corrected chi connectivity index (χ3v) is 3.13. The Labute approximate surface area is 106 Å². The van der Waals surface area contributed by atoms with E-state index in [-0.39, 0.29) is 0 Å². The van der Waals surface area contributed by atoms with Gasteiger partial charge in [-0.15, -0.1) is 0 Å². The predicted octanol–water partition coefficient (Wildman–Crippen LogP) is 2.04. The summed E-state index contributed by atoms with van der Waals surface area (Å²) < 4.78 is 19.4. The minimum atomic E-state index is -2.04. The van der Waals surface area contributed by atoms with Crippen LogP contribution in [0.25, 0.3) is 0 Å². The van der Waals surface area contributed by atoms with Crippen molar-refractivity contribution in [1.82, 2.24) is 4.90 Å². The maximum absolute atomic E-state index is 14.5. The van der Waals surface area contributed by atoms with E-state index < -0.39 is 5.25 Å². The number of hydrogen-bond acceptors (Lipinski definition) is 3. The molecule has 0 saturated heterocycles. The normalized spacial score (nSPS) is 14.9. The molecule has 0 aromatic heterocycles. The first-order chi connectivity index (χ1) is 8.02. The molecule has 96 valence electrons. The maximum atomic E-state index is 14.5. The van der Waals surface area contributed by atoms with Crippen molar-refractivity contribution in [2.75, 3.05) is 27.3 Å². The Morgan fingerprint density at radius 3 is 2.82 bits per heavy atom. The average molecular weight is 261 g/mol. The highest BCUT2D eigenvalue weighted by molar-refractivity contribution is 6.22. The molecule has 0 saturated carbocycles. The molecule has 0 spiro atoms. The smallest absolute Gasteiger partial charge is 0.265 e. The Morgan fingerprint density at radius 2 is 2.24 bits per heavy atom. The van der Waals surface area contributed by atoms with Gasteiger partial charge in [0.25, 0.3) is 5.25 Å². The van der Waals surface area contributed by atoms with Gasteiger partial charge in [0.2, 0.25) is 0 Å². The zero-order valence-electron chi connectivity index (χ0n) is 10.1. The number of nitrogens with zero attached hydrogens (tertiary/aromatic N) is 1. The van der Waals surface area contributed by atoms with Crippen molar-refractivity contribution in [3.05, 3.63) is 35.4 Å². The maximum Gasteiger partial charge on any atom is 0.265 e. The number of alkyl halides is 2. The van der Waals surface area contributed by atoms with Crippen LogP contribution in [0.1, 0.15) is 11.1 Å². The highest BCUT2D eigenvalue weighted by Gasteiger charge is 2.33. The summed E-state index contributed by atoms with van der Waals surface area (Å²) >= 11 is 5.94. The van der Waals surface area contributed by atoms with Gasteiger partial charge in [-0.05, 0) is 18.7 Å². The summed E-state index contributed by atoms with van der Waals surface area (Å²) in [5.41, 5.74) is 6.76. The van der Waals surface area contributed by atoms with E-state index in [1.807, 2.05) is 6.07 Å². The average Bonchev–Trinajstić information content (AvgIpc) is 2.35. The molecule has 2 N–H and O–H groups in total. The quantitative estimate of drug-likeness (QED) is 0.628. The first-order valence-corrected chi connectivity index (χ1v) is 5.77. The molecule has 0 fully saturated rings. The molecule has 0 aliphatic heterocycles. The standard InChI is InChI=1S/C12H18ClFN2O/c1-16(6-7-17-2)12(13,14)11-5-3-4-10(8-11)9-15/h3-5,8H,6-7,9,15H2,1-2H3. The van der Waals surface area contributed by atoms with Crippen LogP contribution in [0.5, 0.6) is 0 Å². The number of likely N-dealkylation sites (N-methyl/N-ethyl adjacent to an activating group) is 1. The summed E-state index contributed by atoms with van der Waals surface area (Å²) in [5, 5.41) is -2.04. The Hall–Kier alpha value is -0.680. The fourth-order valence-corrected chi connectivity index (χ4v) is 1.68. The van der Waals surface area contributed by atoms with Crippen molar-refractivity contribution in [3.8, 4) is 0 Å². The van der Waals surface area contributed by atoms with Gasteiger partial charge in [0.05, 0.1) is 6.61 Å². The Balaban J connectivity index is 2.86. The van der Waals surface area contributed by atoms with Crippen LogP contribution in [0.4, 0.5) is 4.39 Å². The van der Waals surface area contributed by atoms with Crippen LogP contribution in [0.2, 0.25) is 0 Å². The number of halogens is 2. The number of nitrogens with two attached hydrogens (primary N) is 1. The largest absolute Gasteiger partial charge is 0.383 e. The zero-order valence-corrected chi connectivity index (χ0v) is 10.9. The summed E-state index contributed by atoms with van der Waals surface area (Å²) in [6.07, 6.45) is 0. The Bertz CT molecular complexity index is 360. The second-order valence-electron chi connectivity index (χ2n) is 3.86. The lowest BCUT2D eigenvalue weighted by molar-refractivity contribution is 0.0395. The van der Waals surface area contributed by atoms with E-state index in [4.69, 9.17) is 22.1 Å². The van der Waals surface area contributed by atoms with Gasteiger partial charge in [-0.25, -0.2) is 4.39 Å². The SMILES string of the molecule is COCCN(C)C(F)(Cl)c1cccc(CN)c1. The van der Waals surface area contributed by atoms with Gasteiger partial charge in [0, 0.05) is 25.8 Å². The monoisotopic (exact) mass is 260 g/mol. The predicted molar refractivity (Wildman–Crippen MR) is 67.5 cm³/mol. The molecule has 0 amide bonds. The number of benzene rings is 1. The fourth-order valence-electron chi connectivity index (χ4n) is 1.47. The molecule has 5 heteroatoms. The van der Waals surface area contributed by atoms with Crippen molar-refractivity contribution in [3.63, 3.8) is 0 Å². The van der Waals surface area contributed by atoms with Gasteiger partial charge in [0.15, 0.2) is 0 Å². The lowest BCUT2D eigenvalue weighted by Crippen LogP contribution is -2.37. The fraction of sp³-hybridized carbons (Fsp3) is 0.500. The van der Waals surface area contributed by atoms with Gasteiger partial charge in [-0.3, -0.25) is 4.90 Å². The Kier molecular flexibility index (Phi) is 5.33. The molecule has 1 aromatic carbocycles. The molecule has 1 unspecified atom stereocenters. The Morgan fingerprint density at radius 1 is 1.53 bits per heavy atom. The highest BCUT2D eigenvalue weighted by atomic mass is 35.5. The minimum absolute atomic E-state index is 0.364. The minimum Gasteiger partial charge on any atom is -0.383 e. The van der Waals surface area contributed by atoms with E-state index in [2.05, 4.69) is 0 Å².